The van der Waals surface area contributed by atoms with Crippen LogP contribution in [0, 0.1) is 6.92 Å². The molecule has 0 bridgehead atoms. The fourth-order valence-electron chi connectivity index (χ4n) is 2.69. The van der Waals surface area contributed by atoms with Gasteiger partial charge in [0.25, 0.3) is 5.91 Å². The van der Waals surface area contributed by atoms with Crippen LogP contribution in [0.1, 0.15) is 44.1 Å². The van der Waals surface area contributed by atoms with Crippen molar-refractivity contribution >= 4 is 5.91 Å². The van der Waals surface area contributed by atoms with Crippen LogP contribution in [0.5, 0.6) is 5.75 Å². The predicted molar refractivity (Wildman–Crippen MR) is 87.1 cm³/mol. The van der Waals surface area contributed by atoms with Crippen molar-refractivity contribution in [3.63, 3.8) is 0 Å². The van der Waals surface area contributed by atoms with E-state index in [4.69, 9.17) is 9.47 Å². The van der Waals surface area contributed by atoms with Crippen molar-refractivity contribution in [2.24, 2.45) is 0 Å². The van der Waals surface area contributed by atoms with Crippen molar-refractivity contribution in [2.75, 3.05) is 19.8 Å². The van der Waals surface area contributed by atoms with Crippen LogP contribution in [-0.4, -0.2) is 31.8 Å². The van der Waals surface area contributed by atoms with Gasteiger partial charge in [0.1, 0.15) is 5.75 Å². The smallest absolute Gasteiger partial charge is 0.257 e. The van der Waals surface area contributed by atoms with Crippen molar-refractivity contribution in [1.82, 2.24) is 5.32 Å². The largest absolute Gasteiger partial charge is 0.484 e. The summed E-state index contributed by atoms with van der Waals surface area (Å²) in [6.45, 7) is 3.43. The minimum absolute atomic E-state index is 0.0624. The maximum atomic E-state index is 11.7. The molecule has 1 aromatic carbocycles. The average molecular weight is 305 g/mol. The van der Waals surface area contributed by atoms with Gasteiger partial charge in [0, 0.05) is 13.2 Å². The van der Waals surface area contributed by atoms with Gasteiger partial charge >= 0.3 is 0 Å². The first-order valence-corrected chi connectivity index (χ1v) is 8.32. The third-order valence-corrected chi connectivity index (χ3v) is 3.91. The highest BCUT2D eigenvalue weighted by Crippen LogP contribution is 2.20. The van der Waals surface area contributed by atoms with Crippen molar-refractivity contribution in [2.45, 2.75) is 51.6 Å². The molecule has 1 aromatic rings. The fourth-order valence-corrected chi connectivity index (χ4v) is 2.69. The van der Waals surface area contributed by atoms with Crippen LogP contribution in [0.4, 0.5) is 0 Å². The van der Waals surface area contributed by atoms with E-state index in [1.165, 1.54) is 32.1 Å². The van der Waals surface area contributed by atoms with Crippen molar-refractivity contribution in [1.29, 1.82) is 0 Å². The second-order valence-corrected chi connectivity index (χ2v) is 5.94. The Labute approximate surface area is 133 Å². The topological polar surface area (TPSA) is 47.6 Å². The first-order chi connectivity index (χ1) is 10.7. The number of nitrogens with one attached hydrogen (secondary N) is 1. The number of benzene rings is 1. The molecule has 0 aromatic heterocycles. The molecule has 0 saturated heterocycles. The molecule has 0 spiro atoms. The van der Waals surface area contributed by atoms with Gasteiger partial charge in [-0.1, -0.05) is 31.4 Å². The van der Waals surface area contributed by atoms with E-state index in [1.54, 1.807) is 0 Å². The summed E-state index contributed by atoms with van der Waals surface area (Å²) in [5, 5.41) is 2.86. The number of rotatable bonds is 8. The molecule has 4 nitrogen and oxygen atoms in total. The summed E-state index contributed by atoms with van der Waals surface area (Å²) in [7, 11) is 0. The highest BCUT2D eigenvalue weighted by Gasteiger charge is 2.13. The number of hydrogen-bond acceptors (Lipinski definition) is 3. The van der Waals surface area contributed by atoms with E-state index in [1.807, 2.05) is 31.2 Å². The first kappa shape index (κ1) is 16.8. The molecule has 4 heteroatoms. The Morgan fingerprint density at radius 3 is 2.86 bits per heavy atom. The molecular weight excluding hydrogens is 278 g/mol. The van der Waals surface area contributed by atoms with Gasteiger partial charge in [0.2, 0.25) is 0 Å². The van der Waals surface area contributed by atoms with Crippen LogP contribution >= 0.6 is 0 Å². The van der Waals surface area contributed by atoms with E-state index in [0.29, 0.717) is 12.6 Å². The minimum atomic E-state index is -0.0841. The summed E-state index contributed by atoms with van der Waals surface area (Å²) >= 11 is 0. The second kappa shape index (κ2) is 9.46. The van der Waals surface area contributed by atoms with E-state index >= 15 is 0 Å². The van der Waals surface area contributed by atoms with Gasteiger partial charge in [-0.15, -0.1) is 0 Å². The number of amides is 1. The van der Waals surface area contributed by atoms with Crippen molar-refractivity contribution in [3.8, 4) is 5.75 Å². The molecule has 0 heterocycles. The zero-order chi connectivity index (χ0) is 15.6. The molecule has 1 aliphatic rings. The van der Waals surface area contributed by atoms with E-state index < -0.39 is 0 Å². The van der Waals surface area contributed by atoms with E-state index in [9.17, 15) is 4.79 Å². The molecule has 122 valence electrons. The Bertz CT molecular complexity index is 455. The molecule has 1 saturated carbocycles. The van der Waals surface area contributed by atoms with Crippen LogP contribution in [0.3, 0.4) is 0 Å². The SMILES string of the molecule is Cc1cccc(OCC(=O)NCCCOC2CCCCC2)c1. The maximum Gasteiger partial charge on any atom is 0.257 e. The molecule has 0 radical (unpaired) electrons. The van der Waals surface area contributed by atoms with Crippen LogP contribution in [0.25, 0.3) is 0 Å². The Hall–Kier alpha value is -1.55. The molecule has 0 unspecified atom stereocenters. The number of carbonyl (C=O) groups excluding carboxylic acids is 1. The molecule has 0 aliphatic heterocycles. The molecule has 1 aliphatic carbocycles. The van der Waals surface area contributed by atoms with Crippen molar-refractivity contribution in [3.05, 3.63) is 29.8 Å². The Kier molecular flexibility index (Phi) is 7.23. The van der Waals surface area contributed by atoms with Gasteiger partial charge in [-0.25, -0.2) is 0 Å². The average Bonchev–Trinajstić information content (AvgIpc) is 2.54. The second-order valence-electron chi connectivity index (χ2n) is 5.94. The molecule has 0 atom stereocenters. The lowest BCUT2D eigenvalue weighted by Gasteiger charge is -2.21. The summed E-state index contributed by atoms with van der Waals surface area (Å²) in [4.78, 5) is 11.7. The molecule has 1 fully saturated rings. The normalized spacial score (nSPS) is 15.5. The third kappa shape index (κ3) is 6.48. The van der Waals surface area contributed by atoms with Crippen LogP contribution < -0.4 is 10.1 Å². The van der Waals surface area contributed by atoms with Gasteiger partial charge in [0.05, 0.1) is 6.10 Å². The molecular formula is C18H27NO3. The summed E-state index contributed by atoms with van der Waals surface area (Å²) in [6, 6.07) is 7.70. The summed E-state index contributed by atoms with van der Waals surface area (Å²) in [5.41, 5.74) is 1.12. The number of ether oxygens (including phenoxy) is 2. The van der Waals surface area contributed by atoms with Crippen LogP contribution in [0.2, 0.25) is 0 Å². The van der Waals surface area contributed by atoms with Crippen LogP contribution in [-0.2, 0) is 9.53 Å². The summed E-state index contributed by atoms with van der Waals surface area (Å²) in [6.07, 6.45) is 7.60. The van der Waals surface area contributed by atoms with Gasteiger partial charge in [-0.2, -0.15) is 0 Å². The zero-order valence-corrected chi connectivity index (χ0v) is 13.5. The van der Waals surface area contributed by atoms with E-state index in [0.717, 1.165) is 24.3 Å². The lowest BCUT2D eigenvalue weighted by Crippen LogP contribution is -2.30. The first-order valence-electron chi connectivity index (χ1n) is 8.32. The standard InChI is InChI=1S/C18H27NO3/c1-15-7-5-10-17(13-15)22-14-18(20)19-11-6-12-21-16-8-3-2-4-9-16/h5,7,10,13,16H,2-4,6,8-9,11-12,14H2,1H3,(H,19,20). The highest BCUT2D eigenvalue weighted by molar-refractivity contribution is 5.77. The third-order valence-electron chi connectivity index (χ3n) is 3.91. The molecule has 22 heavy (non-hydrogen) atoms. The Morgan fingerprint density at radius 2 is 2.09 bits per heavy atom. The number of carbonyl (C=O) groups is 1. The van der Waals surface area contributed by atoms with E-state index in [-0.39, 0.29) is 12.5 Å². The van der Waals surface area contributed by atoms with Gasteiger partial charge in [-0.05, 0) is 43.9 Å². The van der Waals surface area contributed by atoms with E-state index in [2.05, 4.69) is 5.32 Å². The molecule has 1 amide bonds. The maximum absolute atomic E-state index is 11.7. The number of hydrogen-bond donors (Lipinski definition) is 1. The minimum Gasteiger partial charge on any atom is -0.484 e. The molecule has 2 rings (SSSR count). The molecule has 1 N–H and O–H groups in total. The lowest BCUT2D eigenvalue weighted by molar-refractivity contribution is -0.123. The van der Waals surface area contributed by atoms with Crippen LogP contribution in [0.15, 0.2) is 24.3 Å². The Balaban J connectivity index is 1.50. The van der Waals surface area contributed by atoms with Gasteiger partial charge in [-0.3, -0.25) is 4.79 Å². The Morgan fingerprint density at radius 1 is 1.27 bits per heavy atom. The van der Waals surface area contributed by atoms with Crippen molar-refractivity contribution < 1.29 is 14.3 Å². The summed E-state index contributed by atoms with van der Waals surface area (Å²) in [5.74, 6) is 0.648. The quantitative estimate of drug-likeness (QED) is 0.750. The highest BCUT2D eigenvalue weighted by atomic mass is 16.5. The summed E-state index contributed by atoms with van der Waals surface area (Å²) < 4.78 is 11.3. The number of aryl methyl sites for hydroxylation is 1. The monoisotopic (exact) mass is 305 g/mol. The lowest BCUT2D eigenvalue weighted by atomic mass is 9.98. The fraction of sp³-hybridized carbons (Fsp3) is 0.611. The van der Waals surface area contributed by atoms with Gasteiger partial charge < -0.3 is 14.8 Å². The van der Waals surface area contributed by atoms with Gasteiger partial charge in [0.15, 0.2) is 6.61 Å². The predicted octanol–water partition coefficient (Wildman–Crippen LogP) is 3.23. The zero-order valence-electron chi connectivity index (χ0n) is 13.5.